The van der Waals surface area contributed by atoms with Gasteiger partial charge in [0.15, 0.2) is 0 Å². The molecule has 0 radical (unpaired) electrons. The molecule has 0 bridgehead atoms. The SMILES string of the molecule is CC(C)(C)C(=O)NCC1CCCN(c2ccc(S(=O)(=O)N3CCCCC3)cn2)C1. The Kier molecular flexibility index (Phi) is 6.83. The van der Waals surface area contributed by atoms with Gasteiger partial charge < -0.3 is 10.2 Å². The molecule has 0 saturated carbocycles. The van der Waals surface area contributed by atoms with E-state index >= 15 is 0 Å². The van der Waals surface area contributed by atoms with Gasteiger partial charge in [-0.05, 0) is 43.7 Å². The molecule has 0 spiro atoms. The lowest BCUT2D eigenvalue weighted by Crippen LogP contribution is -2.43. The van der Waals surface area contributed by atoms with Crippen LogP contribution in [-0.2, 0) is 14.8 Å². The molecule has 1 aromatic rings. The number of nitrogens with zero attached hydrogens (tertiary/aromatic N) is 3. The third kappa shape index (κ3) is 5.48. The lowest BCUT2D eigenvalue weighted by molar-refractivity contribution is -0.128. The molecule has 1 aromatic heterocycles. The number of sulfonamides is 1. The van der Waals surface area contributed by atoms with Gasteiger partial charge in [-0.1, -0.05) is 27.2 Å². The first-order valence-electron chi connectivity index (χ1n) is 10.7. The molecular weight excluding hydrogens is 388 g/mol. The Morgan fingerprint density at radius 2 is 1.86 bits per heavy atom. The number of anilines is 1. The van der Waals surface area contributed by atoms with Crippen molar-refractivity contribution in [2.45, 2.75) is 57.8 Å². The summed E-state index contributed by atoms with van der Waals surface area (Å²) >= 11 is 0. The van der Waals surface area contributed by atoms with Crippen LogP contribution in [0.1, 0.15) is 52.9 Å². The molecule has 3 rings (SSSR count). The fraction of sp³-hybridized carbons (Fsp3) is 0.714. The standard InChI is InChI=1S/C21H34N4O3S/c1-21(2,3)20(26)23-14-17-8-7-11-24(16-17)19-10-9-18(15-22-19)29(27,28)25-12-5-4-6-13-25/h9-10,15,17H,4-8,11-14,16H2,1-3H3,(H,23,26). The Hall–Kier alpha value is -1.67. The topological polar surface area (TPSA) is 82.6 Å². The number of piperidine rings is 2. The predicted molar refractivity (Wildman–Crippen MR) is 114 cm³/mol. The minimum absolute atomic E-state index is 0.0695. The second-order valence-corrected chi connectivity index (χ2v) is 11.2. The maximum atomic E-state index is 12.8. The van der Waals surface area contributed by atoms with E-state index in [2.05, 4.69) is 15.2 Å². The van der Waals surface area contributed by atoms with Crippen LogP contribution in [0.25, 0.3) is 0 Å². The molecule has 2 saturated heterocycles. The lowest BCUT2D eigenvalue weighted by atomic mass is 9.94. The van der Waals surface area contributed by atoms with Gasteiger partial charge >= 0.3 is 0 Å². The quantitative estimate of drug-likeness (QED) is 0.789. The van der Waals surface area contributed by atoms with Gasteiger partial charge in [-0.3, -0.25) is 4.79 Å². The van der Waals surface area contributed by atoms with E-state index in [-0.39, 0.29) is 16.2 Å². The second-order valence-electron chi connectivity index (χ2n) is 9.23. The maximum absolute atomic E-state index is 12.8. The van der Waals surface area contributed by atoms with Crippen molar-refractivity contribution in [1.29, 1.82) is 0 Å². The van der Waals surface area contributed by atoms with E-state index in [0.29, 0.717) is 25.6 Å². The predicted octanol–water partition coefficient (Wildman–Crippen LogP) is 2.63. The summed E-state index contributed by atoms with van der Waals surface area (Å²) in [5.74, 6) is 1.24. The molecule has 7 nitrogen and oxygen atoms in total. The van der Waals surface area contributed by atoms with Crippen LogP contribution in [0, 0.1) is 11.3 Å². The summed E-state index contributed by atoms with van der Waals surface area (Å²) in [7, 11) is -3.45. The lowest BCUT2D eigenvalue weighted by Gasteiger charge is -2.34. The van der Waals surface area contributed by atoms with Crippen molar-refractivity contribution in [2.24, 2.45) is 11.3 Å². The van der Waals surface area contributed by atoms with Crippen LogP contribution in [0.3, 0.4) is 0 Å². The van der Waals surface area contributed by atoms with Crippen LogP contribution in [-0.4, -0.2) is 56.3 Å². The number of pyridine rings is 1. The summed E-state index contributed by atoms with van der Waals surface area (Å²) in [5.41, 5.74) is -0.383. The number of rotatable bonds is 5. The third-order valence-corrected chi connectivity index (χ3v) is 7.63. The smallest absolute Gasteiger partial charge is 0.244 e. The molecule has 29 heavy (non-hydrogen) atoms. The highest BCUT2D eigenvalue weighted by Gasteiger charge is 2.28. The van der Waals surface area contributed by atoms with Crippen molar-refractivity contribution in [2.75, 3.05) is 37.6 Å². The molecule has 2 aliphatic heterocycles. The summed E-state index contributed by atoms with van der Waals surface area (Å²) in [4.78, 5) is 19.0. The molecular formula is C21H34N4O3S. The average Bonchev–Trinajstić information content (AvgIpc) is 2.72. The van der Waals surface area contributed by atoms with Crippen LogP contribution in [0.15, 0.2) is 23.2 Å². The first-order chi connectivity index (χ1) is 13.7. The molecule has 1 N–H and O–H groups in total. The van der Waals surface area contributed by atoms with E-state index < -0.39 is 10.0 Å². The van der Waals surface area contributed by atoms with Crippen molar-refractivity contribution in [3.63, 3.8) is 0 Å². The van der Waals surface area contributed by atoms with E-state index in [0.717, 1.165) is 51.0 Å². The summed E-state index contributed by atoms with van der Waals surface area (Å²) in [6.45, 7) is 9.31. The van der Waals surface area contributed by atoms with Gasteiger partial charge in [0, 0.05) is 44.3 Å². The zero-order valence-electron chi connectivity index (χ0n) is 17.9. The number of carbonyl (C=O) groups excluding carboxylic acids is 1. The van der Waals surface area contributed by atoms with E-state index in [1.54, 1.807) is 10.4 Å². The molecule has 2 fully saturated rings. The molecule has 8 heteroatoms. The highest BCUT2D eigenvalue weighted by molar-refractivity contribution is 7.89. The summed E-state index contributed by atoms with van der Waals surface area (Å²) in [6, 6.07) is 3.49. The Labute approximate surface area is 174 Å². The van der Waals surface area contributed by atoms with Crippen molar-refractivity contribution in [1.82, 2.24) is 14.6 Å². The van der Waals surface area contributed by atoms with E-state index in [4.69, 9.17) is 0 Å². The first-order valence-corrected chi connectivity index (χ1v) is 12.1. The average molecular weight is 423 g/mol. The minimum Gasteiger partial charge on any atom is -0.356 e. The molecule has 1 amide bonds. The highest BCUT2D eigenvalue weighted by atomic mass is 32.2. The fourth-order valence-corrected chi connectivity index (χ4v) is 5.37. The van der Waals surface area contributed by atoms with E-state index in [9.17, 15) is 13.2 Å². The van der Waals surface area contributed by atoms with Gasteiger partial charge in [0.1, 0.15) is 10.7 Å². The van der Waals surface area contributed by atoms with Crippen LogP contribution in [0.4, 0.5) is 5.82 Å². The third-order valence-electron chi connectivity index (χ3n) is 5.75. The molecule has 0 aliphatic carbocycles. The monoisotopic (exact) mass is 422 g/mol. The molecule has 1 unspecified atom stereocenters. The summed E-state index contributed by atoms with van der Waals surface area (Å²) in [6.07, 6.45) is 6.53. The number of nitrogens with one attached hydrogen (secondary N) is 1. The zero-order valence-corrected chi connectivity index (χ0v) is 18.7. The van der Waals surface area contributed by atoms with Gasteiger partial charge in [0.2, 0.25) is 15.9 Å². The molecule has 3 heterocycles. The van der Waals surface area contributed by atoms with E-state index in [1.807, 2.05) is 26.8 Å². The van der Waals surface area contributed by atoms with Gasteiger partial charge in [-0.15, -0.1) is 0 Å². The van der Waals surface area contributed by atoms with Crippen molar-refractivity contribution < 1.29 is 13.2 Å². The number of aromatic nitrogens is 1. The summed E-state index contributed by atoms with van der Waals surface area (Å²) in [5, 5.41) is 3.06. The van der Waals surface area contributed by atoms with Crippen LogP contribution in [0.2, 0.25) is 0 Å². The molecule has 1 atom stereocenters. The number of carbonyl (C=O) groups is 1. The normalized spacial score (nSPS) is 21.8. The number of hydrogen-bond acceptors (Lipinski definition) is 5. The number of amides is 1. The fourth-order valence-electron chi connectivity index (χ4n) is 3.91. The van der Waals surface area contributed by atoms with Crippen molar-refractivity contribution >= 4 is 21.7 Å². The number of hydrogen-bond donors (Lipinski definition) is 1. The Bertz CT molecular complexity index is 796. The largest absolute Gasteiger partial charge is 0.356 e. The zero-order chi connectivity index (χ0) is 21.1. The van der Waals surface area contributed by atoms with E-state index in [1.165, 1.54) is 6.20 Å². The van der Waals surface area contributed by atoms with Crippen LogP contribution in [0.5, 0.6) is 0 Å². The molecule has 2 aliphatic rings. The Morgan fingerprint density at radius 1 is 1.14 bits per heavy atom. The van der Waals surface area contributed by atoms with Gasteiger partial charge in [-0.2, -0.15) is 4.31 Å². The maximum Gasteiger partial charge on any atom is 0.244 e. The second kappa shape index (κ2) is 9.00. The van der Waals surface area contributed by atoms with Crippen LogP contribution < -0.4 is 10.2 Å². The first kappa shape index (κ1) is 22.0. The minimum atomic E-state index is -3.45. The molecule has 162 valence electrons. The van der Waals surface area contributed by atoms with Crippen LogP contribution >= 0.6 is 0 Å². The Morgan fingerprint density at radius 3 is 2.48 bits per heavy atom. The Balaban J connectivity index is 1.61. The van der Waals surface area contributed by atoms with Crippen molar-refractivity contribution in [3.8, 4) is 0 Å². The highest BCUT2D eigenvalue weighted by Crippen LogP contribution is 2.25. The van der Waals surface area contributed by atoms with Crippen molar-refractivity contribution in [3.05, 3.63) is 18.3 Å². The summed E-state index contributed by atoms with van der Waals surface area (Å²) < 4.78 is 27.1. The van der Waals surface area contributed by atoms with Gasteiger partial charge in [-0.25, -0.2) is 13.4 Å². The van der Waals surface area contributed by atoms with Gasteiger partial charge in [0.25, 0.3) is 0 Å². The van der Waals surface area contributed by atoms with Gasteiger partial charge in [0.05, 0.1) is 0 Å². The molecule has 0 aromatic carbocycles.